The molecule has 1 amide bonds. The Bertz CT molecular complexity index is 1250. The SMILES string of the molecule is CN(C)c1cc(-c2nc3ccc(C(=O)N[C@@H](CCn4cccc4)C(=O)O)cc3[nH]2)ccn1. The molecule has 4 aromatic rings. The average Bonchev–Trinajstić information content (AvgIpc) is 3.45. The van der Waals surface area contributed by atoms with E-state index in [9.17, 15) is 14.7 Å². The number of carboxylic acids is 1. The van der Waals surface area contributed by atoms with Gasteiger partial charge in [0.25, 0.3) is 5.91 Å². The number of nitrogens with one attached hydrogen (secondary N) is 2. The zero-order chi connectivity index (χ0) is 22.7. The van der Waals surface area contributed by atoms with Crippen LogP contribution in [0.4, 0.5) is 5.82 Å². The van der Waals surface area contributed by atoms with E-state index in [0.717, 1.165) is 11.4 Å². The van der Waals surface area contributed by atoms with Crippen LogP contribution in [-0.2, 0) is 11.3 Å². The van der Waals surface area contributed by atoms with Gasteiger partial charge in [-0.25, -0.2) is 14.8 Å². The minimum atomic E-state index is -1.07. The van der Waals surface area contributed by atoms with Gasteiger partial charge < -0.3 is 24.9 Å². The van der Waals surface area contributed by atoms with Crippen LogP contribution in [0.25, 0.3) is 22.4 Å². The molecule has 0 spiro atoms. The maximum absolute atomic E-state index is 12.7. The lowest BCUT2D eigenvalue weighted by Gasteiger charge is -2.15. The van der Waals surface area contributed by atoms with Crippen LogP contribution in [0.1, 0.15) is 16.8 Å². The van der Waals surface area contributed by atoms with Crippen LogP contribution >= 0.6 is 0 Å². The molecule has 0 bridgehead atoms. The molecule has 0 aliphatic carbocycles. The number of fused-ring (bicyclic) bond motifs is 1. The highest BCUT2D eigenvalue weighted by atomic mass is 16.4. The molecule has 1 atom stereocenters. The number of anilines is 1. The molecule has 0 aliphatic heterocycles. The minimum Gasteiger partial charge on any atom is -0.480 e. The third-order valence-electron chi connectivity index (χ3n) is 5.17. The van der Waals surface area contributed by atoms with E-state index < -0.39 is 17.9 Å². The van der Waals surface area contributed by atoms with Crippen LogP contribution in [0.2, 0.25) is 0 Å². The zero-order valence-electron chi connectivity index (χ0n) is 17.8. The summed E-state index contributed by atoms with van der Waals surface area (Å²) in [4.78, 5) is 38.4. The molecule has 3 heterocycles. The number of rotatable bonds is 8. The number of aromatic nitrogens is 4. The molecular formula is C23H24N6O3. The molecule has 32 heavy (non-hydrogen) atoms. The number of benzene rings is 1. The number of carbonyl (C=O) groups excluding carboxylic acids is 1. The minimum absolute atomic E-state index is 0.280. The number of aromatic amines is 1. The van der Waals surface area contributed by atoms with E-state index in [1.165, 1.54) is 0 Å². The summed E-state index contributed by atoms with van der Waals surface area (Å²) in [6, 6.07) is 11.6. The van der Waals surface area contributed by atoms with Crippen molar-refractivity contribution in [1.29, 1.82) is 0 Å². The van der Waals surface area contributed by atoms with Gasteiger partial charge in [0.1, 0.15) is 17.7 Å². The first kappa shape index (κ1) is 21.1. The van der Waals surface area contributed by atoms with Gasteiger partial charge in [0, 0.05) is 50.4 Å². The largest absolute Gasteiger partial charge is 0.480 e. The topological polar surface area (TPSA) is 116 Å². The Morgan fingerprint density at radius 3 is 2.69 bits per heavy atom. The smallest absolute Gasteiger partial charge is 0.326 e. The standard InChI is InChI=1S/C23H24N6O3/c1-28(2)20-14-15(7-9-24-20)21-25-17-6-5-16(13-19(17)26-21)22(30)27-18(23(31)32)8-12-29-10-3-4-11-29/h3-7,9-11,13-14,18H,8,12H2,1-2H3,(H,25,26)(H,27,30)(H,31,32)/t18-/m0/s1. The van der Waals surface area contributed by atoms with Crippen molar-refractivity contribution in [2.75, 3.05) is 19.0 Å². The van der Waals surface area contributed by atoms with E-state index in [4.69, 9.17) is 0 Å². The van der Waals surface area contributed by atoms with Crippen molar-refractivity contribution in [2.45, 2.75) is 19.0 Å². The number of H-pyrrole nitrogens is 1. The second-order valence-corrected chi connectivity index (χ2v) is 7.69. The molecule has 0 saturated carbocycles. The Morgan fingerprint density at radius 2 is 1.97 bits per heavy atom. The van der Waals surface area contributed by atoms with Crippen molar-refractivity contribution < 1.29 is 14.7 Å². The van der Waals surface area contributed by atoms with Gasteiger partial charge in [-0.2, -0.15) is 0 Å². The monoisotopic (exact) mass is 432 g/mol. The van der Waals surface area contributed by atoms with Gasteiger partial charge in [-0.05, 0) is 48.9 Å². The first-order valence-electron chi connectivity index (χ1n) is 10.2. The molecule has 164 valence electrons. The summed E-state index contributed by atoms with van der Waals surface area (Å²) in [6.07, 6.45) is 5.71. The fraction of sp³-hybridized carbons (Fsp3) is 0.217. The third kappa shape index (κ3) is 4.61. The molecule has 1 aromatic carbocycles. The van der Waals surface area contributed by atoms with Crippen molar-refractivity contribution in [3.05, 3.63) is 66.6 Å². The van der Waals surface area contributed by atoms with E-state index in [1.807, 2.05) is 60.2 Å². The van der Waals surface area contributed by atoms with Gasteiger partial charge in [0.15, 0.2) is 0 Å². The second kappa shape index (κ2) is 8.93. The Morgan fingerprint density at radius 1 is 1.19 bits per heavy atom. The number of imidazole rings is 1. The van der Waals surface area contributed by atoms with Crippen molar-refractivity contribution in [2.24, 2.45) is 0 Å². The molecule has 3 N–H and O–H groups in total. The number of carboxylic acid groups (broad SMARTS) is 1. The Balaban J connectivity index is 1.52. The van der Waals surface area contributed by atoms with Gasteiger partial charge in [0.05, 0.1) is 11.0 Å². The molecule has 9 nitrogen and oxygen atoms in total. The second-order valence-electron chi connectivity index (χ2n) is 7.69. The van der Waals surface area contributed by atoms with Crippen molar-refractivity contribution in [1.82, 2.24) is 24.8 Å². The van der Waals surface area contributed by atoms with Crippen LogP contribution < -0.4 is 10.2 Å². The summed E-state index contributed by atoms with van der Waals surface area (Å²) in [5.74, 6) is -0.0348. The first-order valence-corrected chi connectivity index (χ1v) is 10.2. The summed E-state index contributed by atoms with van der Waals surface area (Å²) >= 11 is 0. The lowest BCUT2D eigenvalue weighted by molar-refractivity contribution is -0.139. The number of amides is 1. The summed E-state index contributed by atoms with van der Waals surface area (Å²) < 4.78 is 1.88. The van der Waals surface area contributed by atoms with Crippen LogP contribution in [-0.4, -0.2) is 56.6 Å². The van der Waals surface area contributed by atoms with Gasteiger partial charge in [0.2, 0.25) is 0 Å². The summed E-state index contributed by atoms with van der Waals surface area (Å²) in [6.45, 7) is 0.494. The average molecular weight is 432 g/mol. The maximum atomic E-state index is 12.7. The third-order valence-corrected chi connectivity index (χ3v) is 5.17. The number of nitrogens with zero attached hydrogens (tertiary/aromatic N) is 4. The number of pyridine rings is 1. The molecule has 0 saturated heterocycles. The lowest BCUT2D eigenvalue weighted by Crippen LogP contribution is -2.41. The summed E-state index contributed by atoms with van der Waals surface area (Å²) in [5, 5.41) is 12.1. The van der Waals surface area contributed by atoms with E-state index in [1.54, 1.807) is 24.4 Å². The Hall–Kier alpha value is -4.14. The van der Waals surface area contributed by atoms with Gasteiger partial charge >= 0.3 is 5.97 Å². The predicted molar refractivity (Wildman–Crippen MR) is 122 cm³/mol. The molecule has 0 fully saturated rings. The fourth-order valence-electron chi connectivity index (χ4n) is 3.39. The van der Waals surface area contributed by atoms with E-state index in [2.05, 4.69) is 20.3 Å². The molecule has 0 aliphatic rings. The lowest BCUT2D eigenvalue weighted by atomic mass is 10.1. The molecule has 3 aromatic heterocycles. The van der Waals surface area contributed by atoms with Crippen LogP contribution in [0.3, 0.4) is 0 Å². The maximum Gasteiger partial charge on any atom is 0.326 e. The van der Waals surface area contributed by atoms with Gasteiger partial charge in [-0.15, -0.1) is 0 Å². The highest BCUT2D eigenvalue weighted by Crippen LogP contribution is 2.23. The molecule has 0 unspecified atom stereocenters. The van der Waals surface area contributed by atoms with Crippen LogP contribution in [0, 0.1) is 0 Å². The number of hydrogen-bond acceptors (Lipinski definition) is 5. The molecular weight excluding hydrogens is 408 g/mol. The first-order chi connectivity index (χ1) is 15.4. The Labute approximate surface area is 184 Å². The van der Waals surface area contributed by atoms with Gasteiger partial charge in [-0.1, -0.05) is 0 Å². The predicted octanol–water partition coefficient (Wildman–Crippen LogP) is 2.77. The number of aryl methyl sites for hydroxylation is 1. The van der Waals surface area contributed by atoms with Crippen molar-refractivity contribution in [3.63, 3.8) is 0 Å². The van der Waals surface area contributed by atoms with E-state index in [-0.39, 0.29) is 6.42 Å². The Kier molecular flexibility index (Phi) is 5.89. The van der Waals surface area contributed by atoms with E-state index >= 15 is 0 Å². The van der Waals surface area contributed by atoms with Gasteiger partial charge in [-0.3, -0.25) is 4.79 Å². The zero-order valence-corrected chi connectivity index (χ0v) is 17.8. The summed E-state index contributed by atoms with van der Waals surface area (Å²) in [5.41, 5.74) is 2.64. The number of carbonyl (C=O) groups is 2. The normalized spacial score (nSPS) is 11.9. The van der Waals surface area contributed by atoms with E-state index in [0.29, 0.717) is 29.0 Å². The van der Waals surface area contributed by atoms with Crippen LogP contribution in [0.5, 0.6) is 0 Å². The fourth-order valence-corrected chi connectivity index (χ4v) is 3.39. The quantitative estimate of drug-likeness (QED) is 0.394. The molecule has 0 radical (unpaired) electrons. The summed E-state index contributed by atoms with van der Waals surface area (Å²) in [7, 11) is 3.83. The van der Waals surface area contributed by atoms with Crippen LogP contribution in [0.15, 0.2) is 61.1 Å². The number of hydrogen-bond donors (Lipinski definition) is 3. The van der Waals surface area contributed by atoms with Crippen molar-refractivity contribution >= 4 is 28.7 Å². The highest BCUT2D eigenvalue weighted by Gasteiger charge is 2.21. The number of aliphatic carboxylic acids is 1. The molecule has 9 heteroatoms. The van der Waals surface area contributed by atoms with Crippen molar-refractivity contribution in [3.8, 4) is 11.4 Å². The molecule has 4 rings (SSSR count). The highest BCUT2D eigenvalue weighted by molar-refractivity contribution is 5.99.